The predicted molar refractivity (Wildman–Crippen MR) is 146 cm³/mol. The first-order valence-corrected chi connectivity index (χ1v) is 12.5. The molecule has 0 spiro atoms. The van der Waals surface area contributed by atoms with Crippen LogP contribution in [0.15, 0.2) is 60.7 Å². The summed E-state index contributed by atoms with van der Waals surface area (Å²) in [6.07, 6.45) is 0. The zero-order valence-corrected chi connectivity index (χ0v) is 21.5. The van der Waals surface area contributed by atoms with Crippen molar-refractivity contribution in [3.63, 3.8) is 0 Å². The number of hydrogen-bond donors (Lipinski definition) is 2. The van der Waals surface area contributed by atoms with E-state index in [1.165, 1.54) is 11.3 Å². The Morgan fingerprint density at radius 3 is 2.53 bits per heavy atom. The van der Waals surface area contributed by atoms with Crippen LogP contribution in [0.25, 0.3) is 20.8 Å². The maximum absolute atomic E-state index is 12.6. The van der Waals surface area contributed by atoms with E-state index in [0.717, 1.165) is 20.8 Å². The number of benzene rings is 3. The molecular weight excluding hydrogens is 509 g/mol. The van der Waals surface area contributed by atoms with Gasteiger partial charge in [0.25, 0.3) is 5.91 Å². The lowest BCUT2D eigenvalue weighted by Gasteiger charge is -2.13. The highest BCUT2D eigenvalue weighted by molar-refractivity contribution is 7.80. The van der Waals surface area contributed by atoms with Crippen molar-refractivity contribution in [2.45, 2.75) is 13.8 Å². The Hall–Kier alpha value is -2.71. The first kappa shape index (κ1) is 24.4. The predicted octanol–water partition coefficient (Wildman–Crippen LogP) is 7.43. The Bertz CT molecular complexity index is 1320. The second-order valence-electron chi connectivity index (χ2n) is 7.94. The van der Waals surface area contributed by atoms with Gasteiger partial charge in [-0.15, -0.1) is 11.3 Å². The van der Waals surface area contributed by atoms with Crippen LogP contribution in [0.5, 0.6) is 5.75 Å². The van der Waals surface area contributed by atoms with Gasteiger partial charge in [-0.3, -0.25) is 10.1 Å². The minimum atomic E-state index is -0.343. The molecule has 2 N–H and O–H groups in total. The molecule has 0 unspecified atom stereocenters. The summed E-state index contributed by atoms with van der Waals surface area (Å²) in [5.74, 6) is 0.784. The van der Waals surface area contributed by atoms with Crippen LogP contribution in [0.4, 0.5) is 5.69 Å². The van der Waals surface area contributed by atoms with Gasteiger partial charge in [0.2, 0.25) is 0 Å². The van der Waals surface area contributed by atoms with Crippen LogP contribution in [-0.4, -0.2) is 22.6 Å². The van der Waals surface area contributed by atoms with Gasteiger partial charge < -0.3 is 10.1 Å². The number of halogens is 2. The maximum Gasteiger partial charge on any atom is 0.257 e. The van der Waals surface area contributed by atoms with Crippen molar-refractivity contribution in [2.75, 3.05) is 11.9 Å². The minimum absolute atomic E-state index is 0.115. The van der Waals surface area contributed by atoms with Crippen molar-refractivity contribution < 1.29 is 9.53 Å². The number of fused-ring (bicyclic) bond motifs is 1. The van der Waals surface area contributed by atoms with Crippen LogP contribution >= 0.6 is 46.8 Å². The highest BCUT2D eigenvalue weighted by atomic mass is 35.5. The van der Waals surface area contributed by atoms with Gasteiger partial charge in [-0.25, -0.2) is 4.98 Å². The highest BCUT2D eigenvalue weighted by Gasteiger charge is 2.15. The Kier molecular flexibility index (Phi) is 7.68. The third-order valence-electron chi connectivity index (χ3n) is 4.76. The van der Waals surface area contributed by atoms with E-state index >= 15 is 0 Å². The van der Waals surface area contributed by atoms with E-state index in [4.69, 9.17) is 40.2 Å². The number of rotatable bonds is 6. The number of para-hydroxylation sites is 1. The van der Waals surface area contributed by atoms with Gasteiger partial charge in [0.15, 0.2) is 5.11 Å². The van der Waals surface area contributed by atoms with Crippen LogP contribution in [-0.2, 0) is 0 Å². The molecule has 3 aromatic carbocycles. The van der Waals surface area contributed by atoms with E-state index in [1.54, 1.807) is 36.4 Å². The van der Waals surface area contributed by atoms with Gasteiger partial charge in [-0.1, -0.05) is 49.2 Å². The van der Waals surface area contributed by atoms with Crippen LogP contribution in [0.3, 0.4) is 0 Å². The molecule has 0 aliphatic heterocycles. The monoisotopic (exact) mass is 529 g/mol. The van der Waals surface area contributed by atoms with Crippen molar-refractivity contribution in [3.05, 3.63) is 76.3 Å². The summed E-state index contributed by atoms with van der Waals surface area (Å²) in [7, 11) is 0. The topological polar surface area (TPSA) is 63.2 Å². The molecule has 0 radical (unpaired) electrons. The number of nitrogens with one attached hydrogen (secondary N) is 2. The molecule has 4 aromatic rings. The molecule has 0 saturated carbocycles. The summed E-state index contributed by atoms with van der Waals surface area (Å²) < 4.78 is 6.71. The summed E-state index contributed by atoms with van der Waals surface area (Å²) >= 11 is 19.7. The Morgan fingerprint density at radius 2 is 1.82 bits per heavy atom. The van der Waals surface area contributed by atoms with E-state index in [9.17, 15) is 4.79 Å². The molecule has 174 valence electrons. The Morgan fingerprint density at radius 1 is 1.09 bits per heavy atom. The highest BCUT2D eigenvalue weighted by Crippen LogP contribution is 2.38. The van der Waals surface area contributed by atoms with Gasteiger partial charge in [0.1, 0.15) is 10.8 Å². The molecule has 34 heavy (non-hydrogen) atoms. The van der Waals surface area contributed by atoms with Crippen LogP contribution < -0.4 is 15.4 Å². The number of amides is 1. The molecule has 0 atom stereocenters. The number of ether oxygens (including phenoxy) is 1. The lowest BCUT2D eigenvalue weighted by atomic mass is 10.2. The quantitative estimate of drug-likeness (QED) is 0.254. The fraction of sp³-hybridized carbons (Fsp3) is 0.160. The van der Waals surface area contributed by atoms with Crippen molar-refractivity contribution >= 4 is 73.7 Å². The van der Waals surface area contributed by atoms with Crippen molar-refractivity contribution in [1.82, 2.24) is 10.3 Å². The summed E-state index contributed by atoms with van der Waals surface area (Å²) in [4.78, 5) is 17.3. The number of nitrogens with zero attached hydrogens (tertiary/aromatic N) is 1. The molecular formula is C25H21Cl2N3O2S2. The second-order valence-corrected chi connectivity index (χ2v) is 10.2. The average molecular weight is 531 g/mol. The van der Waals surface area contributed by atoms with Gasteiger partial charge in [-0.2, -0.15) is 0 Å². The van der Waals surface area contributed by atoms with Crippen molar-refractivity contribution in [3.8, 4) is 16.3 Å². The van der Waals surface area contributed by atoms with E-state index in [2.05, 4.69) is 29.5 Å². The lowest BCUT2D eigenvalue weighted by Crippen LogP contribution is -2.34. The normalized spacial score (nSPS) is 11.0. The molecule has 1 heterocycles. The summed E-state index contributed by atoms with van der Waals surface area (Å²) in [5.41, 5.74) is 2.59. The molecule has 0 aliphatic rings. The summed E-state index contributed by atoms with van der Waals surface area (Å²) in [5, 5.41) is 7.39. The number of thiazole rings is 1. The summed E-state index contributed by atoms with van der Waals surface area (Å²) in [6, 6.07) is 18.2. The Balaban J connectivity index is 1.46. The van der Waals surface area contributed by atoms with Gasteiger partial charge in [0.05, 0.1) is 32.6 Å². The zero-order valence-electron chi connectivity index (χ0n) is 18.4. The SMILES string of the molecule is CC(C)COc1ccc(C(=O)NC(=S)Nc2cc(-c3nc4ccccc4s3)c(Cl)cc2Cl)cc1. The van der Waals surface area contributed by atoms with Gasteiger partial charge >= 0.3 is 0 Å². The van der Waals surface area contributed by atoms with E-state index in [0.29, 0.717) is 39.6 Å². The Labute approximate surface area is 217 Å². The largest absolute Gasteiger partial charge is 0.493 e. The fourth-order valence-corrected chi connectivity index (χ4v) is 4.86. The summed E-state index contributed by atoms with van der Waals surface area (Å²) in [6.45, 7) is 4.76. The number of carbonyl (C=O) groups is 1. The maximum atomic E-state index is 12.6. The van der Waals surface area contributed by atoms with Crippen molar-refractivity contribution in [1.29, 1.82) is 0 Å². The first-order chi connectivity index (χ1) is 16.3. The first-order valence-electron chi connectivity index (χ1n) is 10.5. The third-order valence-corrected chi connectivity index (χ3v) is 6.66. The van der Waals surface area contributed by atoms with E-state index in [1.807, 2.05) is 24.3 Å². The zero-order chi connectivity index (χ0) is 24.2. The smallest absolute Gasteiger partial charge is 0.257 e. The molecule has 0 aliphatic carbocycles. The van der Waals surface area contributed by atoms with Crippen LogP contribution in [0.2, 0.25) is 10.0 Å². The molecule has 4 rings (SSSR count). The molecule has 0 fully saturated rings. The molecule has 1 aromatic heterocycles. The van der Waals surface area contributed by atoms with Crippen LogP contribution in [0.1, 0.15) is 24.2 Å². The molecule has 1 amide bonds. The molecule has 0 saturated heterocycles. The van der Waals surface area contributed by atoms with Crippen LogP contribution in [0, 0.1) is 5.92 Å². The molecule has 9 heteroatoms. The number of thiocarbonyl (C=S) groups is 1. The average Bonchev–Trinajstić information content (AvgIpc) is 3.23. The number of anilines is 1. The molecule has 0 bridgehead atoms. The standard InChI is InChI=1S/C25H21Cl2N3O2S2/c1-14(2)13-32-16-9-7-15(8-10-16)23(31)30-25(33)29-21-11-17(18(26)12-19(21)27)24-28-20-5-3-4-6-22(20)34-24/h3-12,14H,13H2,1-2H3,(H2,29,30,31,33). The van der Waals surface area contributed by atoms with E-state index < -0.39 is 0 Å². The van der Waals surface area contributed by atoms with Gasteiger partial charge in [-0.05, 0) is 66.7 Å². The van der Waals surface area contributed by atoms with E-state index in [-0.39, 0.29) is 11.0 Å². The van der Waals surface area contributed by atoms with Gasteiger partial charge in [0, 0.05) is 11.1 Å². The second kappa shape index (κ2) is 10.7. The minimum Gasteiger partial charge on any atom is -0.493 e. The molecule has 5 nitrogen and oxygen atoms in total. The third kappa shape index (κ3) is 5.85. The number of hydrogen-bond acceptors (Lipinski definition) is 5. The number of aromatic nitrogens is 1. The lowest BCUT2D eigenvalue weighted by molar-refractivity contribution is 0.0977. The number of carbonyl (C=O) groups excluding carboxylic acids is 1. The fourth-order valence-electron chi connectivity index (χ4n) is 3.09. The van der Waals surface area contributed by atoms with Crippen molar-refractivity contribution in [2.24, 2.45) is 5.92 Å².